The molecule has 0 aromatic carbocycles. The number of Topliss-reactive ketones (excluding diaryl/α,β-unsaturated/α-hetero) is 1. The number of methoxy groups -OCH3 is 1. The maximum absolute atomic E-state index is 12.4. The van der Waals surface area contributed by atoms with E-state index in [4.69, 9.17) is 4.74 Å². The first kappa shape index (κ1) is 12.4. The number of aryl methyl sites for hydroxylation is 1. The van der Waals surface area contributed by atoms with Crippen LogP contribution in [0.5, 0.6) is 0 Å². The van der Waals surface area contributed by atoms with Crippen LogP contribution in [-0.4, -0.2) is 40.7 Å². The summed E-state index contributed by atoms with van der Waals surface area (Å²) in [6, 6.07) is 0. The van der Waals surface area contributed by atoms with Crippen molar-refractivity contribution in [3.05, 3.63) is 23.1 Å². The Morgan fingerprint density at radius 2 is 2.15 bits per heavy atom. The second-order valence-corrected chi connectivity index (χ2v) is 4.56. The van der Waals surface area contributed by atoms with Crippen LogP contribution >= 0.6 is 0 Å². The number of carbonyl (C=O) groups is 3. The first-order valence-corrected chi connectivity index (χ1v) is 5.93. The van der Waals surface area contributed by atoms with Crippen LogP contribution in [0.3, 0.4) is 0 Å². The summed E-state index contributed by atoms with van der Waals surface area (Å²) < 4.78 is 6.47. The molecule has 8 heteroatoms. The topological polar surface area (TPSA) is 93.5 Å². The lowest BCUT2D eigenvalue weighted by Crippen LogP contribution is -2.53. The van der Waals surface area contributed by atoms with Gasteiger partial charge in [0.15, 0.2) is 11.5 Å². The van der Waals surface area contributed by atoms with Gasteiger partial charge in [-0.2, -0.15) is 5.10 Å². The molecule has 0 fully saturated rings. The van der Waals surface area contributed by atoms with Crippen LogP contribution in [0.2, 0.25) is 0 Å². The third-order valence-electron chi connectivity index (χ3n) is 3.42. The summed E-state index contributed by atoms with van der Waals surface area (Å²) in [5.74, 6) is -0.856. The van der Waals surface area contributed by atoms with Crippen molar-refractivity contribution >= 4 is 23.4 Å². The number of hydrogen-bond acceptors (Lipinski definition) is 5. The molecular weight excluding hydrogens is 264 g/mol. The third kappa shape index (κ3) is 1.35. The quantitative estimate of drug-likeness (QED) is 0.773. The number of anilines is 1. The second-order valence-electron chi connectivity index (χ2n) is 4.56. The maximum atomic E-state index is 12.4. The molecule has 1 atom stereocenters. The van der Waals surface area contributed by atoms with Gasteiger partial charge in [-0.1, -0.05) is 0 Å². The lowest BCUT2D eigenvalue weighted by Gasteiger charge is -2.31. The van der Waals surface area contributed by atoms with Crippen molar-refractivity contribution < 1.29 is 19.1 Å². The summed E-state index contributed by atoms with van der Waals surface area (Å²) in [4.78, 5) is 37.5. The largest absolute Gasteiger partial charge is 0.491 e. The van der Waals surface area contributed by atoms with Gasteiger partial charge in [-0.05, 0) is 6.92 Å². The van der Waals surface area contributed by atoms with Gasteiger partial charge in [0.25, 0.3) is 11.8 Å². The van der Waals surface area contributed by atoms with Crippen molar-refractivity contribution in [1.82, 2.24) is 15.1 Å². The number of ether oxygens (including phenoxy) is 1. The van der Waals surface area contributed by atoms with Gasteiger partial charge in [0.1, 0.15) is 17.5 Å². The molecule has 3 rings (SSSR count). The van der Waals surface area contributed by atoms with Crippen LogP contribution in [0, 0.1) is 0 Å². The van der Waals surface area contributed by atoms with E-state index in [1.807, 2.05) is 0 Å². The number of aromatic nitrogens is 2. The lowest BCUT2D eigenvalue weighted by atomic mass is 10.1. The van der Waals surface area contributed by atoms with Gasteiger partial charge in [0, 0.05) is 7.05 Å². The molecule has 1 N–H and O–H groups in total. The van der Waals surface area contributed by atoms with Crippen LogP contribution in [0.15, 0.2) is 17.5 Å². The Kier molecular flexibility index (Phi) is 2.43. The number of nitrogens with zero attached hydrogens (tertiary/aromatic N) is 3. The van der Waals surface area contributed by atoms with Gasteiger partial charge in [-0.25, -0.2) is 0 Å². The number of carbonyl (C=O) groups excluding carboxylic acids is 3. The second kappa shape index (κ2) is 3.92. The summed E-state index contributed by atoms with van der Waals surface area (Å²) in [5.41, 5.74) is 0.440. The van der Waals surface area contributed by atoms with Crippen LogP contribution in [0.1, 0.15) is 17.3 Å². The fourth-order valence-electron chi connectivity index (χ4n) is 2.58. The van der Waals surface area contributed by atoms with E-state index in [1.165, 1.54) is 29.8 Å². The average Bonchev–Trinajstić information content (AvgIpc) is 2.89. The molecule has 0 radical (unpaired) electrons. The molecule has 104 valence electrons. The van der Waals surface area contributed by atoms with Gasteiger partial charge in [0.2, 0.25) is 0 Å². The SMILES string of the molecule is COC1=C(C(C)=O)C2NC(=O)c3cnn(C)c3N2C1=O. The molecule has 1 unspecified atom stereocenters. The summed E-state index contributed by atoms with van der Waals surface area (Å²) in [6.45, 7) is 1.33. The number of ketones is 1. The van der Waals surface area contributed by atoms with Gasteiger partial charge < -0.3 is 10.1 Å². The summed E-state index contributed by atoms with van der Waals surface area (Å²) in [5, 5.41) is 6.61. The molecule has 8 nitrogen and oxygen atoms in total. The summed E-state index contributed by atoms with van der Waals surface area (Å²) in [7, 11) is 2.95. The van der Waals surface area contributed by atoms with E-state index in [2.05, 4.69) is 10.4 Å². The molecule has 2 aliphatic heterocycles. The first-order chi connectivity index (χ1) is 9.47. The molecular formula is C12H12N4O4. The number of rotatable bonds is 2. The zero-order chi connectivity index (χ0) is 14.6. The third-order valence-corrected chi connectivity index (χ3v) is 3.42. The van der Waals surface area contributed by atoms with Crippen molar-refractivity contribution in [2.24, 2.45) is 7.05 Å². The highest BCUT2D eigenvalue weighted by Gasteiger charge is 2.49. The number of nitrogens with one attached hydrogen (secondary N) is 1. The highest BCUT2D eigenvalue weighted by molar-refractivity contribution is 6.19. The van der Waals surface area contributed by atoms with Crippen molar-refractivity contribution in [3.63, 3.8) is 0 Å². The fraction of sp³-hybridized carbons (Fsp3) is 0.333. The molecule has 0 bridgehead atoms. The van der Waals surface area contributed by atoms with Crippen LogP contribution < -0.4 is 10.2 Å². The molecule has 0 spiro atoms. The minimum absolute atomic E-state index is 0.0446. The van der Waals surface area contributed by atoms with Gasteiger partial charge in [-0.15, -0.1) is 0 Å². The van der Waals surface area contributed by atoms with E-state index >= 15 is 0 Å². The maximum Gasteiger partial charge on any atom is 0.297 e. The highest BCUT2D eigenvalue weighted by atomic mass is 16.5. The molecule has 3 heterocycles. The van der Waals surface area contributed by atoms with E-state index in [9.17, 15) is 14.4 Å². The minimum Gasteiger partial charge on any atom is -0.491 e. The predicted octanol–water partition coefficient (Wildman–Crippen LogP) is -0.674. The summed E-state index contributed by atoms with van der Waals surface area (Å²) in [6.07, 6.45) is 0.539. The van der Waals surface area contributed by atoms with Crippen molar-refractivity contribution in [2.45, 2.75) is 13.1 Å². The molecule has 20 heavy (non-hydrogen) atoms. The van der Waals surface area contributed by atoms with Crippen molar-refractivity contribution in [3.8, 4) is 0 Å². The van der Waals surface area contributed by atoms with Gasteiger partial charge >= 0.3 is 0 Å². The van der Waals surface area contributed by atoms with Crippen molar-refractivity contribution in [2.75, 3.05) is 12.0 Å². The van der Waals surface area contributed by atoms with E-state index in [0.717, 1.165) is 0 Å². The Balaban J connectivity index is 2.22. The standard InChI is InChI=1S/C12H12N4O4/c1-5(17)7-8(20-3)12(19)16-9(7)14-10(18)6-4-13-15(2)11(6)16/h4,9H,1-3H3,(H,14,18). The van der Waals surface area contributed by atoms with E-state index < -0.39 is 12.1 Å². The Morgan fingerprint density at radius 3 is 2.75 bits per heavy atom. The monoisotopic (exact) mass is 276 g/mol. The first-order valence-electron chi connectivity index (χ1n) is 5.93. The molecule has 0 saturated heterocycles. The Labute approximate surface area is 114 Å². The molecule has 1 aromatic rings. The average molecular weight is 276 g/mol. The van der Waals surface area contributed by atoms with Gasteiger partial charge in [0.05, 0.1) is 18.9 Å². The van der Waals surface area contributed by atoms with Crippen molar-refractivity contribution in [1.29, 1.82) is 0 Å². The molecule has 2 aliphatic rings. The number of fused-ring (bicyclic) bond motifs is 3. The fourth-order valence-corrected chi connectivity index (χ4v) is 2.58. The minimum atomic E-state index is -0.842. The molecule has 0 aliphatic carbocycles. The Morgan fingerprint density at radius 1 is 1.45 bits per heavy atom. The number of hydrogen-bond donors (Lipinski definition) is 1. The Bertz CT molecular complexity index is 688. The lowest BCUT2D eigenvalue weighted by molar-refractivity contribution is -0.118. The highest BCUT2D eigenvalue weighted by Crippen LogP contribution is 2.35. The zero-order valence-electron chi connectivity index (χ0n) is 11.1. The van der Waals surface area contributed by atoms with Gasteiger partial charge in [-0.3, -0.25) is 24.0 Å². The smallest absolute Gasteiger partial charge is 0.297 e. The van der Waals surface area contributed by atoms with Crippen LogP contribution in [0.25, 0.3) is 0 Å². The van der Waals surface area contributed by atoms with E-state index in [1.54, 1.807) is 7.05 Å². The molecule has 1 aromatic heterocycles. The van der Waals surface area contributed by atoms with E-state index in [0.29, 0.717) is 5.82 Å². The van der Waals surface area contributed by atoms with Crippen LogP contribution in [-0.2, 0) is 21.4 Å². The molecule has 2 amide bonds. The zero-order valence-corrected chi connectivity index (χ0v) is 11.1. The Hall–Kier alpha value is -2.64. The predicted molar refractivity (Wildman–Crippen MR) is 66.7 cm³/mol. The summed E-state index contributed by atoms with van der Waals surface area (Å²) >= 11 is 0. The van der Waals surface area contributed by atoms with E-state index in [-0.39, 0.29) is 28.6 Å². The normalized spacial score (nSPS) is 20.8. The number of amides is 2. The molecule has 0 saturated carbocycles. The van der Waals surface area contributed by atoms with Crippen LogP contribution in [0.4, 0.5) is 5.82 Å².